The van der Waals surface area contributed by atoms with Gasteiger partial charge in [-0.15, -0.1) is 0 Å². The summed E-state index contributed by atoms with van der Waals surface area (Å²) in [7, 11) is 1.53. The molecule has 2 saturated carbocycles. The van der Waals surface area contributed by atoms with E-state index in [1.807, 2.05) is 51.1 Å². The van der Waals surface area contributed by atoms with Crippen molar-refractivity contribution >= 4 is 46.7 Å². The Labute approximate surface area is 296 Å². The minimum absolute atomic E-state index is 0.0185. The van der Waals surface area contributed by atoms with Gasteiger partial charge in [-0.3, -0.25) is 24.0 Å². The molecule has 0 bridgehead atoms. The number of Topliss-reactive ketones (excluding diaryl/α,β-unsaturated/α-hetero) is 1. The number of oxime groups is 1. The van der Waals surface area contributed by atoms with Crippen molar-refractivity contribution < 1.29 is 33.5 Å². The SMILES string of the molecule is COc1ccc(Cl)cc1C1=NO[C@]2(C1)C[C@@H](C(=O)NC(CC1CC1)C(=O)C(N)=O)N(C(=O)[C@@H](NC(=O)[C@H]1C[C@@H]1c1ccccc1)C(C)(C)C)C2. The van der Waals surface area contributed by atoms with E-state index >= 15 is 0 Å². The Hall–Kier alpha value is -4.45. The zero-order valence-electron chi connectivity index (χ0n) is 28.7. The first-order valence-electron chi connectivity index (χ1n) is 17.1. The number of primary amides is 1. The molecule has 2 aromatic rings. The summed E-state index contributed by atoms with van der Waals surface area (Å²) in [5.74, 6) is -2.80. The van der Waals surface area contributed by atoms with Crippen molar-refractivity contribution in [3.05, 3.63) is 64.7 Å². The number of carbonyl (C=O) groups excluding carboxylic acids is 5. The summed E-state index contributed by atoms with van der Waals surface area (Å²) in [6.45, 7) is 5.55. The molecule has 6 rings (SSSR count). The third-order valence-corrected chi connectivity index (χ3v) is 10.4. The highest BCUT2D eigenvalue weighted by Crippen LogP contribution is 2.48. The number of carbonyl (C=O) groups is 5. The smallest absolute Gasteiger partial charge is 0.287 e. The zero-order valence-corrected chi connectivity index (χ0v) is 29.5. The van der Waals surface area contributed by atoms with Gasteiger partial charge in [0.2, 0.25) is 23.5 Å². The number of methoxy groups -OCH3 is 1. The Morgan fingerprint density at radius 1 is 1.08 bits per heavy atom. The van der Waals surface area contributed by atoms with Crippen LogP contribution in [0.4, 0.5) is 0 Å². The molecule has 12 nitrogen and oxygen atoms in total. The number of nitrogens with two attached hydrogens (primary N) is 1. The van der Waals surface area contributed by atoms with Crippen LogP contribution in [0.5, 0.6) is 5.75 Å². The van der Waals surface area contributed by atoms with Crippen LogP contribution in [-0.2, 0) is 28.8 Å². The number of ketones is 1. The average Bonchev–Trinajstić information content (AvgIpc) is 4.00. The minimum atomic E-state index is -1.14. The van der Waals surface area contributed by atoms with Crippen molar-refractivity contribution in [2.24, 2.45) is 28.1 Å². The topological polar surface area (TPSA) is 169 Å². The van der Waals surface area contributed by atoms with Crippen LogP contribution in [0.25, 0.3) is 0 Å². The lowest BCUT2D eigenvalue weighted by atomic mass is 9.85. The number of amides is 4. The van der Waals surface area contributed by atoms with E-state index in [0.29, 0.717) is 28.5 Å². The molecule has 4 aliphatic rings. The summed E-state index contributed by atoms with van der Waals surface area (Å²) >= 11 is 6.31. The molecule has 266 valence electrons. The molecule has 3 fully saturated rings. The number of benzene rings is 2. The second-order valence-electron chi connectivity index (χ2n) is 15.2. The predicted octanol–water partition coefficient (Wildman–Crippen LogP) is 3.49. The summed E-state index contributed by atoms with van der Waals surface area (Å²) in [5, 5.41) is 10.6. The number of likely N-dealkylation sites (tertiary alicyclic amines) is 1. The molecule has 1 unspecified atom stereocenters. The van der Waals surface area contributed by atoms with Crippen LogP contribution in [0.3, 0.4) is 0 Å². The molecule has 2 heterocycles. The van der Waals surface area contributed by atoms with E-state index in [1.165, 1.54) is 12.0 Å². The summed E-state index contributed by atoms with van der Waals surface area (Å²) in [5.41, 5.74) is 5.75. The molecule has 2 aliphatic carbocycles. The van der Waals surface area contributed by atoms with Gasteiger partial charge >= 0.3 is 0 Å². The lowest BCUT2D eigenvalue weighted by Crippen LogP contribution is -2.59. The quantitative estimate of drug-likeness (QED) is 0.284. The fraction of sp³-hybridized carbons (Fsp3) is 0.514. The van der Waals surface area contributed by atoms with Crippen molar-refractivity contribution in [2.75, 3.05) is 13.7 Å². The van der Waals surface area contributed by atoms with Gasteiger partial charge < -0.3 is 30.8 Å². The van der Waals surface area contributed by atoms with Crippen molar-refractivity contribution in [1.82, 2.24) is 15.5 Å². The van der Waals surface area contributed by atoms with Crippen LogP contribution in [0.1, 0.15) is 76.3 Å². The molecule has 1 spiro atoms. The number of hydrogen-bond acceptors (Lipinski definition) is 8. The van der Waals surface area contributed by atoms with E-state index in [1.54, 1.807) is 18.2 Å². The molecule has 0 radical (unpaired) electrons. The van der Waals surface area contributed by atoms with E-state index in [0.717, 1.165) is 18.4 Å². The van der Waals surface area contributed by atoms with E-state index in [-0.39, 0.29) is 49.5 Å². The van der Waals surface area contributed by atoms with Crippen LogP contribution in [-0.4, -0.2) is 77.4 Å². The van der Waals surface area contributed by atoms with Crippen molar-refractivity contribution in [3.63, 3.8) is 0 Å². The first kappa shape index (κ1) is 35.4. The predicted molar refractivity (Wildman–Crippen MR) is 185 cm³/mol. The highest BCUT2D eigenvalue weighted by atomic mass is 35.5. The van der Waals surface area contributed by atoms with E-state index in [2.05, 4.69) is 15.8 Å². The lowest BCUT2D eigenvalue weighted by Gasteiger charge is -2.35. The van der Waals surface area contributed by atoms with Crippen LogP contribution in [0.2, 0.25) is 5.02 Å². The number of rotatable bonds is 12. The standard InChI is InChI=1S/C37H44ClN5O7/c1-36(2,3)31(41-33(46)24-16-23(24)21-8-6-5-7-9-21)35(48)43-19-37(17-27(42-50-37)25-15-22(38)12-13-29(25)49-4)18-28(43)34(47)40-26(14-20-10-11-20)30(44)32(39)45/h5-9,12-13,15,20,23-24,26,28,31H,10-11,14,16-19H2,1-4H3,(H2,39,45)(H,40,47)(H,41,46)/t23-,24+,26?,28+,31-,37-/m1/s1. The maximum atomic E-state index is 14.6. The molecular weight excluding hydrogens is 662 g/mol. The van der Waals surface area contributed by atoms with Gasteiger partial charge in [0, 0.05) is 29.3 Å². The van der Waals surface area contributed by atoms with Gasteiger partial charge in [0.25, 0.3) is 5.91 Å². The van der Waals surface area contributed by atoms with Crippen molar-refractivity contribution in [2.45, 2.75) is 88.9 Å². The molecule has 1 saturated heterocycles. The third-order valence-electron chi connectivity index (χ3n) is 10.2. The molecular formula is C37H44ClN5O7. The monoisotopic (exact) mass is 705 g/mol. The fourth-order valence-electron chi connectivity index (χ4n) is 7.15. The summed E-state index contributed by atoms with van der Waals surface area (Å²) in [6.07, 6.45) is 3.00. The van der Waals surface area contributed by atoms with Crippen LogP contribution in [0, 0.1) is 17.3 Å². The van der Waals surface area contributed by atoms with Gasteiger partial charge in [-0.05, 0) is 53.9 Å². The largest absolute Gasteiger partial charge is 0.496 e. The molecule has 4 N–H and O–H groups in total. The highest BCUT2D eigenvalue weighted by Gasteiger charge is 2.56. The van der Waals surface area contributed by atoms with E-state index in [4.69, 9.17) is 26.9 Å². The summed E-state index contributed by atoms with van der Waals surface area (Å²) < 4.78 is 5.54. The fourth-order valence-corrected chi connectivity index (χ4v) is 7.33. The van der Waals surface area contributed by atoms with Gasteiger partial charge in [-0.1, -0.05) is 80.7 Å². The summed E-state index contributed by atoms with van der Waals surface area (Å²) in [6, 6.07) is 11.7. The van der Waals surface area contributed by atoms with Crippen LogP contribution in [0.15, 0.2) is 53.7 Å². The minimum Gasteiger partial charge on any atom is -0.496 e. The van der Waals surface area contributed by atoms with Gasteiger partial charge in [0.15, 0.2) is 5.60 Å². The average molecular weight is 706 g/mol. The Morgan fingerprint density at radius 2 is 1.80 bits per heavy atom. The number of nitrogens with zero attached hydrogens (tertiary/aromatic N) is 2. The molecule has 2 aliphatic heterocycles. The highest BCUT2D eigenvalue weighted by molar-refractivity contribution is 6.37. The first-order chi connectivity index (χ1) is 23.7. The molecule has 2 aromatic carbocycles. The van der Waals surface area contributed by atoms with Gasteiger partial charge in [0.05, 0.1) is 25.4 Å². The molecule has 4 amide bonds. The van der Waals surface area contributed by atoms with Crippen molar-refractivity contribution in [1.29, 1.82) is 0 Å². The molecule has 6 atom stereocenters. The first-order valence-corrected chi connectivity index (χ1v) is 17.5. The summed E-state index contributed by atoms with van der Waals surface area (Å²) in [4.78, 5) is 74.6. The lowest BCUT2D eigenvalue weighted by molar-refractivity contribution is -0.145. The number of nitrogens with one attached hydrogen (secondary N) is 2. The molecule has 50 heavy (non-hydrogen) atoms. The van der Waals surface area contributed by atoms with Gasteiger partial charge in [0.1, 0.15) is 17.8 Å². The second kappa shape index (κ2) is 13.7. The van der Waals surface area contributed by atoms with Crippen molar-refractivity contribution in [3.8, 4) is 5.75 Å². The molecule has 13 heteroatoms. The van der Waals surface area contributed by atoms with E-state index in [9.17, 15) is 24.0 Å². The Balaban J connectivity index is 1.26. The van der Waals surface area contributed by atoms with Crippen LogP contribution >= 0.6 is 11.6 Å². The van der Waals surface area contributed by atoms with Gasteiger partial charge in [-0.25, -0.2) is 0 Å². The molecule has 0 aromatic heterocycles. The van der Waals surface area contributed by atoms with Gasteiger partial charge in [-0.2, -0.15) is 0 Å². The number of hydrogen-bond donors (Lipinski definition) is 3. The maximum absolute atomic E-state index is 14.6. The van der Waals surface area contributed by atoms with Crippen LogP contribution < -0.4 is 21.1 Å². The Morgan fingerprint density at radius 3 is 2.44 bits per heavy atom. The Bertz CT molecular complexity index is 1720. The zero-order chi connectivity index (χ0) is 36.0. The Kier molecular flexibility index (Phi) is 9.69. The second-order valence-corrected chi connectivity index (χ2v) is 15.6. The maximum Gasteiger partial charge on any atom is 0.287 e. The number of ether oxygens (including phenoxy) is 1. The van der Waals surface area contributed by atoms with E-state index < -0.39 is 52.6 Å². The normalized spacial score (nSPS) is 25.3. The third kappa shape index (κ3) is 7.50. The number of halogens is 1.